The van der Waals surface area contributed by atoms with E-state index in [0.29, 0.717) is 11.3 Å². The summed E-state index contributed by atoms with van der Waals surface area (Å²) in [6, 6.07) is 6.40. The predicted molar refractivity (Wildman–Crippen MR) is 69.9 cm³/mol. The summed E-state index contributed by atoms with van der Waals surface area (Å²) in [7, 11) is 0. The first kappa shape index (κ1) is 15.0. The number of ether oxygens (including phenoxy) is 1. The lowest BCUT2D eigenvalue weighted by atomic mass is 10.2. The van der Waals surface area contributed by atoms with Crippen LogP contribution in [0.15, 0.2) is 35.7 Å². The molecule has 6 heteroatoms. The van der Waals surface area contributed by atoms with Gasteiger partial charge in [-0.3, -0.25) is 5.84 Å². The van der Waals surface area contributed by atoms with Gasteiger partial charge in [-0.15, -0.1) is 0 Å². The van der Waals surface area contributed by atoms with E-state index in [1.807, 2.05) is 0 Å². The summed E-state index contributed by atoms with van der Waals surface area (Å²) in [6.45, 7) is 3.87. The monoisotopic (exact) mass is 267 g/mol. The Morgan fingerprint density at radius 2 is 2.11 bits per heavy atom. The molecule has 104 valence electrons. The number of hydrogen-bond acceptors (Lipinski definition) is 5. The van der Waals surface area contributed by atoms with Gasteiger partial charge in [-0.25, -0.2) is 9.18 Å². The van der Waals surface area contributed by atoms with Crippen LogP contribution in [0.5, 0.6) is 0 Å². The van der Waals surface area contributed by atoms with Crippen molar-refractivity contribution >= 4 is 5.97 Å². The fourth-order valence-corrected chi connectivity index (χ4v) is 1.48. The average molecular weight is 267 g/mol. The molecule has 0 atom stereocenters. The number of hydrazine groups is 1. The van der Waals surface area contributed by atoms with Crippen molar-refractivity contribution in [1.82, 2.24) is 10.7 Å². The number of benzene rings is 1. The van der Waals surface area contributed by atoms with Crippen molar-refractivity contribution in [2.45, 2.75) is 20.4 Å². The second-order valence-corrected chi connectivity index (χ2v) is 3.81. The quantitative estimate of drug-likeness (QED) is 0.312. The molecule has 0 saturated carbocycles. The molecule has 1 rings (SSSR count). The van der Waals surface area contributed by atoms with Crippen LogP contribution < -0.4 is 16.6 Å². The van der Waals surface area contributed by atoms with Crippen molar-refractivity contribution in [2.75, 3.05) is 6.61 Å². The van der Waals surface area contributed by atoms with E-state index in [-0.39, 0.29) is 24.7 Å². The Kier molecular flexibility index (Phi) is 5.81. The van der Waals surface area contributed by atoms with Gasteiger partial charge in [0.25, 0.3) is 0 Å². The molecule has 4 N–H and O–H groups in total. The van der Waals surface area contributed by atoms with Gasteiger partial charge in [0.05, 0.1) is 6.61 Å². The highest BCUT2D eigenvalue weighted by Crippen LogP contribution is 2.07. The van der Waals surface area contributed by atoms with Crippen molar-refractivity contribution in [1.29, 1.82) is 0 Å². The van der Waals surface area contributed by atoms with Crippen LogP contribution in [0.3, 0.4) is 0 Å². The molecule has 0 unspecified atom stereocenters. The second kappa shape index (κ2) is 7.38. The number of hydrogen-bond donors (Lipinski definition) is 3. The van der Waals surface area contributed by atoms with Crippen molar-refractivity contribution in [3.05, 3.63) is 47.0 Å². The lowest BCUT2D eigenvalue weighted by molar-refractivity contribution is -0.139. The summed E-state index contributed by atoms with van der Waals surface area (Å²) >= 11 is 0. The van der Waals surface area contributed by atoms with Crippen LogP contribution in [0.1, 0.15) is 19.4 Å². The summed E-state index contributed by atoms with van der Waals surface area (Å²) in [5.41, 5.74) is 3.40. The summed E-state index contributed by atoms with van der Waals surface area (Å²) in [5, 5.41) is 2.93. The number of esters is 1. The number of nitrogens with two attached hydrogens (primary N) is 1. The van der Waals surface area contributed by atoms with Gasteiger partial charge in [0.15, 0.2) is 5.70 Å². The molecule has 0 bridgehead atoms. The van der Waals surface area contributed by atoms with Gasteiger partial charge in [-0.1, -0.05) is 18.2 Å². The molecular formula is C13H18FN3O2. The van der Waals surface area contributed by atoms with E-state index in [2.05, 4.69) is 10.7 Å². The summed E-state index contributed by atoms with van der Waals surface area (Å²) in [6.07, 6.45) is 0. The third kappa shape index (κ3) is 4.26. The molecule has 0 aromatic heterocycles. The molecule has 0 aliphatic carbocycles. The van der Waals surface area contributed by atoms with Crippen LogP contribution in [0.25, 0.3) is 0 Å². The molecular weight excluding hydrogens is 249 g/mol. The predicted octanol–water partition coefficient (Wildman–Crippen LogP) is 1.17. The number of halogens is 1. The van der Waals surface area contributed by atoms with Gasteiger partial charge in [0.1, 0.15) is 5.82 Å². The Bertz CT molecular complexity index is 475. The molecule has 0 aliphatic heterocycles. The topological polar surface area (TPSA) is 76.4 Å². The molecule has 0 radical (unpaired) electrons. The average Bonchev–Trinajstić information content (AvgIpc) is 2.39. The normalized spacial score (nSPS) is 11.6. The lowest BCUT2D eigenvalue weighted by Gasteiger charge is -2.13. The van der Waals surface area contributed by atoms with E-state index >= 15 is 0 Å². The minimum atomic E-state index is -0.552. The van der Waals surface area contributed by atoms with Gasteiger partial charge < -0.3 is 15.5 Å². The summed E-state index contributed by atoms with van der Waals surface area (Å²) < 4.78 is 18.3. The van der Waals surface area contributed by atoms with Crippen LogP contribution >= 0.6 is 0 Å². The second-order valence-electron chi connectivity index (χ2n) is 3.81. The molecule has 1 aromatic rings. The first-order valence-corrected chi connectivity index (χ1v) is 5.92. The Morgan fingerprint density at radius 1 is 1.42 bits per heavy atom. The first-order chi connectivity index (χ1) is 9.10. The highest BCUT2D eigenvalue weighted by atomic mass is 19.1. The fourth-order valence-electron chi connectivity index (χ4n) is 1.48. The van der Waals surface area contributed by atoms with E-state index in [4.69, 9.17) is 10.6 Å². The van der Waals surface area contributed by atoms with E-state index < -0.39 is 5.97 Å². The van der Waals surface area contributed by atoms with Crippen LogP contribution in [0.2, 0.25) is 0 Å². The van der Waals surface area contributed by atoms with Crippen LogP contribution in [-0.4, -0.2) is 12.6 Å². The fraction of sp³-hybridized carbons (Fsp3) is 0.308. The van der Waals surface area contributed by atoms with Gasteiger partial charge in [0, 0.05) is 17.8 Å². The van der Waals surface area contributed by atoms with Crippen LogP contribution in [0, 0.1) is 5.82 Å². The summed E-state index contributed by atoms with van der Waals surface area (Å²) in [4.78, 5) is 11.6. The standard InChI is InChI=1S/C13H18FN3O2/c1-3-19-13(18)12(17-15)9(2)16-8-10-6-4-5-7-11(10)14/h4-7,16-17H,3,8,15H2,1-2H3/b12-9-. The van der Waals surface area contributed by atoms with Crippen molar-refractivity contribution < 1.29 is 13.9 Å². The largest absolute Gasteiger partial charge is 0.461 e. The molecule has 0 fully saturated rings. The zero-order valence-corrected chi connectivity index (χ0v) is 11.0. The van der Waals surface area contributed by atoms with Crippen LogP contribution in [-0.2, 0) is 16.1 Å². The van der Waals surface area contributed by atoms with E-state index in [9.17, 15) is 9.18 Å². The van der Waals surface area contributed by atoms with Crippen molar-refractivity contribution in [2.24, 2.45) is 5.84 Å². The number of rotatable bonds is 6. The van der Waals surface area contributed by atoms with E-state index in [1.165, 1.54) is 6.07 Å². The Morgan fingerprint density at radius 3 is 2.68 bits per heavy atom. The Labute approximate surface area is 111 Å². The van der Waals surface area contributed by atoms with Gasteiger partial charge in [0.2, 0.25) is 0 Å². The highest BCUT2D eigenvalue weighted by molar-refractivity contribution is 5.88. The highest BCUT2D eigenvalue weighted by Gasteiger charge is 2.13. The number of carbonyl (C=O) groups excluding carboxylic acids is 1. The zero-order chi connectivity index (χ0) is 14.3. The van der Waals surface area contributed by atoms with Gasteiger partial charge >= 0.3 is 5.97 Å². The molecule has 19 heavy (non-hydrogen) atoms. The molecule has 0 heterocycles. The first-order valence-electron chi connectivity index (χ1n) is 5.92. The molecule has 1 aromatic carbocycles. The molecule has 0 aliphatic rings. The van der Waals surface area contributed by atoms with Crippen molar-refractivity contribution in [3.63, 3.8) is 0 Å². The maximum atomic E-state index is 13.4. The van der Waals surface area contributed by atoms with Crippen molar-refractivity contribution in [3.8, 4) is 0 Å². The SMILES string of the molecule is CCOC(=O)/C(NN)=C(\C)NCc1ccccc1F. The minimum Gasteiger partial charge on any atom is -0.461 e. The van der Waals surface area contributed by atoms with E-state index in [1.54, 1.807) is 32.0 Å². The van der Waals surface area contributed by atoms with Gasteiger partial charge in [-0.05, 0) is 19.9 Å². The van der Waals surface area contributed by atoms with Crippen LogP contribution in [0.4, 0.5) is 4.39 Å². The molecule has 0 amide bonds. The number of allylic oxidation sites excluding steroid dienone is 1. The number of nitrogens with one attached hydrogen (secondary N) is 2. The molecule has 0 saturated heterocycles. The maximum absolute atomic E-state index is 13.4. The zero-order valence-electron chi connectivity index (χ0n) is 11.0. The molecule has 5 nitrogen and oxygen atoms in total. The maximum Gasteiger partial charge on any atom is 0.357 e. The third-order valence-corrected chi connectivity index (χ3v) is 2.50. The Hall–Kier alpha value is -2.08. The smallest absolute Gasteiger partial charge is 0.357 e. The summed E-state index contributed by atoms with van der Waals surface area (Å²) in [5.74, 6) is 4.42. The Balaban J connectivity index is 2.74. The molecule has 0 spiro atoms. The lowest BCUT2D eigenvalue weighted by Crippen LogP contribution is -2.32. The van der Waals surface area contributed by atoms with E-state index in [0.717, 1.165) is 0 Å². The van der Waals surface area contributed by atoms with Gasteiger partial charge in [-0.2, -0.15) is 0 Å². The minimum absolute atomic E-state index is 0.123. The third-order valence-electron chi connectivity index (χ3n) is 2.50. The number of carbonyl (C=O) groups is 1.